The van der Waals surface area contributed by atoms with E-state index in [1.807, 2.05) is 6.92 Å². The van der Waals surface area contributed by atoms with E-state index in [2.05, 4.69) is 12.2 Å². The number of amides is 1. The predicted molar refractivity (Wildman–Crippen MR) is 52.4 cm³/mol. The molecule has 0 aromatic carbocycles. The lowest BCUT2D eigenvalue weighted by Crippen LogP contribution is -2.31. The highest BCUT2D eigenvalue weighted by molar-refractivity contribution is 5.73. The number of ether oxygens (including phenoxy) is 1. The highest BCUT2D eigenvalue weighted by atomic mass is 16.5. The molecule has 0 fully saturated rings. The molecule has 0 aromatic rings. The molecule has 3 N–H and O–H groups in total. The molecule has 1 atom stereocenters. The van der Waals surface area contributed by atoms with Crippen LogP contribution in [0.5, 0.6) is 0 Å². The number of primary amides is 1. The predicted octanol–water partition coefficient (Wildman–Crippen LogP) is 0.267. The van der Waals surface area contributed by atoms with E-state index in [1.165, 1.54) is 0 Å². The molecule has 0 rings (SSSR count). The second kappa shape index (κ2) is 8.01. The summed E-state index contributed by atoms with van der Waals surface area (Å²) < 4.78 is 5.22. The van der Waals surface area contributed by atoms with Crippen molar-refractivity contribution >= 4 is 5.91 Å². The zero-order chi connectivity index (χ0) is 10.1. The normalized spacial score (nSPS) is 12.8. The van der Waals surface area contributed by atoms with E-state index >= 15 is 0 Å². The zero-order valence-electron chi connectivity index (χ0n) is 8.51. The van der Waals surface area contributed by atoms with E-state index in [-0.39, 0.29) is 5.91 Å². The third-order valence-corrected chi connectivity index (χ3v) is 1.66. The van der Waals surface area contributed by atoms with Gasteiger partial charge in [0.05, 0.1) is 6.61 Å². The summed E-state index contributed by atoms with van der Waals surface area (Å²) in [7, 11) is 0. The lowest BCUT2D eigenvalue weighted by molar-refractivity contribution is -0.118. The van der Waals surface area contributed by atoms with E-state index in [4.69, 9.17) is 10.5 Å². The number of carbonyl (C=O) groups excluding carboxylic acids is 1. The molecule has 13 heavy (non-hydrogen) atoms. The number of nitrogens with two attached hydrogens (primary N) is 1. The van der Waals surface area contributed by atoms with Gasteiger partial charge in [-0.3, -0.25) is 4.79 Å². The molecule has 4 nitrogen and oxygen atoms in total. The van der Waals surface area contributed by atoms with Crippen molar-refractivity contribution in [3.05, 3.63) is 0 Å². The Morgan fingerprint density at radius 1 is 1.62 bits per heavy atom. The van der Waals surface area contributed by atoms with Crippen molar-refractivity contribution in [2.75, 3.05) is 19.8 Å². The molecule has 0 bridgehead atoms. The van der Waals surface area contributed by atoms with Crippen LogP contribution in [0.25, 0.3) is 0 Å². The molecular formula is C9H20N2O2. The van der Waals surface area contributed by atoms with E-state index in [0.717, 1.165) is 19.6 Å². The van der Waals surface area contributed by atoms with Gasteiger partial charge in [0.15, 0.2) is 0 Å². The van der Waals surface area contributed by atoms with Crippen molar-refractivity contribution in [1.82, 2.24) is 5.32 Å². The molecule has 1 amide bonds. The average Bonchev–Trinajstić information content (AvgIpc) is 2.08. The van der Waals surface area contributed by atoms with Gasteiger partial charge < -0.3 is 15.8 Å². The summed E-state index contributed by atoms with van der Waals surface area (Å²) >= 11 is 0. The minimum atomic E-state index is -0.237. The smallest absolute Gasteiger partial charge is 0.217 e. The second-order valence-corrected chi connectivity index (χ2v) is 3.08. The van der Waals surface area contributed by atoms with Crippen LogP contribution in [0, 0.1) is 0 Å². The average molecular weight is 188 g/mol. The third-order valence-electron chi connectivity index (χ3n) is 1.66. The Morgan fingerprint density at radius 3 is 2.85 bits per heavy atom. The van der Waals surface area contributed by atoms with Crippen molar-refractivity contribution in [3.8, 4) is 0 Å². The van der Waals surface area contributed by atoms with Gasteiger partial charge in [-0.25, -0.2) is 0 Å². The van der Waals surface area contributed by atoms with Gasteiger partial charge in [-0.2, -0.15) is 0 Å². The molecule has 0 aliphatic rings. The Labute approximate surface area is 79.8 Å². The highest BCUT2D eigenvalue weighted by Crippen LogP contribution is 1.88. The summed E-state index contributed by atoms with van der Waals surface area (Å²) in [6, 6.07) is 0.341. The lowest BCUT2D eigenvalue weighted by Gasteiger charge is -2.12. The molecule has 0 aliphatic heterocycles. The highest BCUT2D eigenvalue weighted by Gasteiger charge is 2.00. The van der Waals surface area contributed by atoms with Crippen LogP contribution in [0.1, 0.15) is 26.7 Å². The topological polar surface area (TPSA) is 64.3 Å². The van der Waals surface area contributed by atoms with Crippen LogP contribution in [0.3, 0.4) is 0 Å². The Morgan fingerprint density at radius 2 is 2.31 bits per heavy atom. The van der Waals surface area contributed by atoms with Gasteiger partial charge in [-0.1, -0.05) is 0 Å². The molecule has 1 unspecified atom stereocenters. The van der Waals surface area contributed by atoms with Crippen molar-refractivity contribution in [3.63, 3.8) is 0 Å². The van der Waals surface area contributed by atoms with Crippen molar-refractivity contribution in [2.45, 2.75) is 32.7 Å². The lowest BCUT2D eigenvalue weighted by atomic mass is 10.3. The molecule has 0 aromatic heterocycles. The first-order valence-corrected chi connectivity index (χ1v) is 4.76. The van der Waals surface area contributed by atoms with Crippen molar-refractivity contribution in [2.24, 2.45) is 5.73 Å². The van der Waals surface area contributed by atoms with Crippen molar-refractivity contribution in [1.29, 1.82) is 0 Å². The Hall–Kier alpha value is -0.610. The fraction of sp³-hybridized carbons (Fsp3) is 0.889. The van der Waals surface area contributed by atoms with Gasteiger partial charge in [0.25, 0.3) is 0 Å². The number of nitrogens with one attached hydrogen (secondary N) is 1. The summed E-state index contributed by atoms with van der Waals surface area (Å²) in [5.74, 6) is -0.237. The molecule has 0 heterocycles. The molecule has 0 aliphatic carbocycles. The Balaban J connectivity index is 3.16. The molecular weight excluding hydrogens is 168 g/mol. The third kappa shape index (κ3) is 9.30. The number of carbonyl (C=O) groups is 1. The van der Waals surface area contributed by atoms with Crippen molar-refractivity contribution < 1.29 is 9.53 Å². The first-order chi connectivity index (χ1) is 6.16. The summed E-state index contributed by atoms with van der Waals surface area (Å²) in [6.07, 6.45) is 1.25. The summed E-state index contributed by atoms with van der Waals surface area (Å²) in [6.45, 7) is 6.30. The molecule has 0 spiro atoms. The molecule has 0 saturated carbocycles. The van der Waals surface area contributed by atoms with Crippen LogP contribution >= 0.6 is 0 Å². The van der Waals surface area contributed by atoms with Crippen LogP contribution in [-0.4, -0.2) is 31.7 Å². The molecule has 4 heteroatoms. The maximum absolute atomic E-state index is 10.4. The second-order valence-electron chi connectivity index (χ2n) is 3.08. The largest absolute Gasteiger partial charge is 0.380 e. The van der Waals surface area contributed by atoms with E-state index < -0.39 is 0 Å². The first-order valence-electron chi connectivity index (χ1n) is 4.76. The maximum Gasteiger partial charge on any atom is 0.217 e. The fourth-order valence-electron chi connectivity index (χ4n) is 0.965. The van der Waals surface area contributed by atoms with Gasteiger partial charge in [0.2, 0.25) is 5.91 Å². The molecule has 78 valence electrons. The fourth-order valence-corrected chi connectivity index (χ4v) is 0.965. The first kappa shape index (κ1) is 12.4. The summed E-state index contributed by atoms with van der Waals surface area (Å²) in [5.41, 5.74) is 5.00. The minimum absolute atomic E-state index is 0.237. The zero-order valence-corrected chi connectivity index (χ0v) is 8.51. The van der Waals surface area contributed by atoms with Gasteiger partial charge in [0, 0.05) is 19.1 Å². The van der Waals surface area contributed by atoms with Crippen LogP contribution < -0.4 is 11.1 Å². The summed E-state index contributed by atoms with van der Waals surface area (Å²) in [4.78, 5) is 10.4. The van der Waals surface area contributed by atoms with Gasteiger partial charge in [-0.05, 0) is 26.8 Å². The van der Waals surface area contributed by atoms with Crippen LogP contribution in [0.2, 0.25) is 0 Å². The van der Waals surface area contributed by atoms with E-state index in [9.17, 15) is 4.79 Å². The van der Waals surface area contributed by atoms with Gasteiger partial charge in [0.1, 0.15) is 0 Å². The Kier molecular flexibility index (Phi) is 7.63. The van der Waals surface area contributed by atoms with E-state index in [0.29, 0.717) is 19.1 Å². The summed E-state index contributed by atoms with van der Waals surface area (Å²) in [5, 5.41) is 3.24. The quantitative estimate of drug-likeness (QED) is 0.537. The standard InChI is InChI=1S/C9H20N2O2/c1-3-13-7-8(2)11-6-4-5-9(10)12/h8,11H,3-7H2,1-2H3,(H2,10,12). The van der Waals surface area contributed by atoms with Gasteiger partial charge in [-0.15, -0.1) is 0 Å². The minimum Gasteiger partial charge on any atom is -0.380 e. The monoisotopic (exact) mass is 188 g/mol. The van der Waals surface area contributed by atoms with Crippen LogP contribution in [-0.2, 0) is 9.53 Å². The SMILES string of the molecule is CCOCC(C)NCCCC(N)=O. The number of hydrogen-bond acceptors (Lipinski definition) is 3. The van der Waals surface area contributed by atoms with E-state index in [1.54, 1.807) is 0 Å². The maximum atomic E-state index is 10.4. The molecule has 0 saturated heterocycles. The van der Waals surface area contributed by atoms with Crippen LogP contribution in [0.4, 0.5) is 0 Å². The number of rotatable bonds is 8. The van der Waals surface area contributed by atoms with Crippen LogP contribution in [0.15, 0.2) is 0 Å². The molecule has 0 radical (unpaired) electrons. The van der Waals surface area contributed by atoms with Gasteiger partial charge >= 0.3 is 0 Å². The Bertz CT molecular complexity index is 140. The number of hydrogen-bond donors (Lipinski definition) is 2.